The van der Waals surface area contributed by atoms with E-state index in [1.807, 2.05) is 14.0 Å². The molecule has 1 N–H and O–H groups in total. The van der Waals surface area contributed by atoms with Gasteiger partial charge in [0.1, 0.15) is 0 Å². The number of methoxy groups -OCH3 is 1. The second kappa shape index (κ2) is 6.93. The van der Waals surface area contributed by atoms with E-state index in [1.54, 1.807) is 0 Å². The van der Waals surface area contributed by atoms with Gasteiger partial charge in [0.05, 0.1) is 5.60 Å². The minimum atomic E-state index is 0.0259. The van der Waals surface area contributed by atoms with E-state index in [1.165, 1.54) is 32.1 Å². The van der Waals surface area contributed by atoms with Crippen molar-refractivity contribution in [3.63, 3.8) is 0 Å². The predicted molar refractivity (Wildman–Crippen MR) is 68.4 cm³/mol. The van der Waals surface area contributed by atoms with Crippen molar-refractivity contribution in [2.24, 2.45) is 0 Å². The smallest absolute Gasteiger partial charge is 0.0840 e. The lowest BCUT2D eigenvalue weighted by Gasteiger charge is -2.42. The number of hydrogen-bond acceptors (Lipinski definition) is 2. The van der Waals surface area contributed by atoms with Gasteiger partial charge in [-0.2, -0.15) is 0 Å². The average Bonchev–Trinajstić information content (AvgIpc) is 2.35. The summed E-state index contributed by atoms with van der Waals surface area (Å²) in [5.74, 6) is 6.19. The third-order valence-electron chi connectivity index (χ3n) is 3.67. The van der Waals surface area contributed by atoms with Crippen molar-refractivity contribution >= 4 is 0 Å². The molecule has 1 unspecified atom stereocenters. The van der Waals surface area contributed by atoms with Crippen molar-refractivity contribution in [3.05, 3.63) is 0 Å². The van der Waals surface area contributed by atoms with Crippen LogP contribution in [-0.4, -0.2) is 25.3 Å². The highest BCUT2D eigenvalue weighted by molar-refractivity contribution is 5.05. The molecule has 1 rings (SSSR count). The Morgan fingerprint density at radius 2 is 2.00 bits per heavy atom. The topological polar surface area (TPSA) is 21.3 Å². The summed E-state index contributed by atoms with van der Waals surface area (Å²) in [7, 11) is 1.86. The van der Waals surface area contributed by atoms with Crippen LogP contribution in [0.3, 0.4) is 0 Å². The maximum absolute atomic E-state index is 5.86. The molecular formula is C14H25NO. The number of hydrogen-bond donors (Lipinski definition) is 1. The number of nitrogens with one attached hydrogen (secondary N) is 1. The molecule has 0 amide bonds. The molecule has 2 heteroatoms. The number of ether oxygens (including phenoxy) is 1. The SMILES string of the molecule is CC#CCC(NCC)C1(OC)CCCCC1. The molecule has 92 valence electrons. The normalized spacial score (nSPS) is 20.9. The first-order valence-electron chi connectivity index (χ1n) is 6.47. The molecule has 16 heavy (non-hydrogen) atoms. The average molecular weight is 223 g/mol. The summed E-state index contributed by atoms with van der Waals surface area (Å²) < 4.78 is 5.86. The summed E-state index contributed by atoms with van der Waals surface area (Å²) in [5.41, 5.74) is 0.0259. The van der Waals surface area contributed by atoms with Crippen LogP contribution in [0.5, 0.6) is 0 Å². The standard InChI is InChI=1S/C14H25NO/c1-4-6-10-13(15-5-2)14(16-3)11-8-7-9-12-14/h13,15H,5,7-12H2,1-3H3. The lowest BCUT2D eigenvalue weighted by molar-refractivity contribution is -0.0658. The quantitative estimate of drug-likeness (QED) is 0.724. The molecular weight excluding hydrogens is 198 g/mol. The molecule has 2 nitrogen and oxygen atoms in total. The molecule has 1 fully saturated rings. The van der Waals surface area contributed by atoms with Crippen LogP contribution in [0.15, 0.2) is 0 Å². The molecule has 1 aliphatic carbocycles. The first kappa shape index (κ1) is 13.5. The van der Waals surface area contributed by atoms with E-state index >= 15 is 0 Å². The van der Waals surface area contributed by atoms with Gasteiger partial charge in [-0.05, 0) is 26.3 Å². The fraction of sp³-hybridized carbons (Fsp3) is 0.857. The van der Waals surface area contributed by atoms with Crippen molar-refractivity contribution in [2.45, 2.75) is 64.0 Å². The molecule has 0 aliphatic heterocycles. The van der Waals surface area contributed by atoms with Gasteiger partial charge < -0.3 is 10.1 Å². The monoisotopic (exact) mass is 223 g/mol. The Morgan fingerprint density at radius 3 is 2.50 bits per heavy atom. The lowest BCUT2D eigenvalue weighted by atomic mass is 9.78. The van der Waals surface area contributed by atoms with Crippen LogP contribution in [0.2, 0.25) is 0 Å². The van der Waals surface area contributed by atoms with E-state index in [9.17, 15) is 0 Å². The first-order chi connectivity index (χ1) is 7.79. The predicted octanol–water partition coefficient (Wildman–Crippen LogP) is 2.73. The van der Waals surface area contributed by atoms with Gasteiger partial charge in [0.15, 0.2) is 0 Å². The van der Waals surface area contributed by atoms with Gasteiger partial charge in [-0.3, -0.25) is 0 Å². The molecule has 0 aromatic heterocycles. The maximum Gasteiger partial charge on any atom is 0.0840 e. The van der Waals surface area contributed by atoms with E-state index in [0.29, 0.717) is 6.04 Å². The van der Waals surface area contributed by atoms with Crippen LogP contribution in [0.25, 0.3) is 0 Å². The summed E-state index contributed by atoms with van der Waals surface area (Å²) in [6.45, 7) is 5.04. The van der Waals surface area contributed by atoms with Crippen LogP contribution in [-0.2, 0) is 4.74 Å². The minimum Gasteiger partial charge on any atom is -0.377 e. The molecule has 0 heterocycles. The van der Waals surface area contributed by atoms with Gasteiger partial charge in [-0.15, -0.1) is 11.8 Å². The molecule has 0 bridgehead atoms. The fourth-order valence-electron chi connectivity index (χ4n) is 2.74. The molecule has 0 aromatic rings. The Balaban J connectivity index is 2.72. The van der Waals surface area contributed by atoms with Crippen LogP contribution in [0, 0.1) is 11.8 Å². The highest BCUT2D eigenvalue weighted by Crippen LogP contribution is 2.35. The molecule has 0 aromatic carbocycles. The zero-order valence-electron chi connectivity index (χ0n) is 10.9. The van der Waals surface area contributed by atoms with Gasteiger partial charge in [0, 0.05) is 19.6 Å². The molecule has 1 atom stereocenters. The summed E-state index contributed by atoms with van der Waals surface area (Å²) in [5, 5.41) is 3.55. The number of likely N-dealkylation sites (N-methyl/N-ethyl adjacent to an activating group) is 1. The van der Waals surface area contributed by atoms with E-state index in [2.05, 4.69) is 24.1 Å². The maximum atomic E-state index is 5.86. The Morgan fingerprint density at radius 1 is 1.31 bits per heavy atom. The summed E-state index contributed by atoms with van der Waals surface area (Å²) in [6.07, 6.45) is 7.17. The van der Waals surface area contributed by atoms with Crippen molar-refractivity contribution in [1.29, 1.82) is 0 Å². The van der Waals surface area contributed by atoms with E-state index in [0.717, 1.165) is 13.0 Å². The van der Waals surface area contributed by atoms with Crippen molar-refractivity contribution in [2.75, 3.05) is 13.7 Å². The zero-order chi connectivity index (χ0) is 11.9. The third-order valence-corrected chi connectivity index (χ3v) is 3.67. The summed E-state index contributed by atoms with van der Waals surface area (Å²) >= 11 is 0. The van der Waals surface area contributed by atoms with E-state index in [4.69, 9.17) is 4.74 Å². The minimum absolute atomic E-state index is 0.0259. The molecule has 1 saturated carbocycles. The Kier molecular flexibility index (Phi) is 5.87. The lowest BCUT2D eigenvalue weighted by Crippen LogP contribution is -2.53. The molecule has 0 saturated heterocycles. The Hall–Kier alpha value is -0.520. The van der Waals surface area contributed by atoms with Crippen LogP contribution in [0.1, 0.15) is 52.4 Å². The Labute approximate surface area is 100 Å². The van der Waals surface area contributed by atoms with Crippen LogP contribution in [0.4, 0.5) is 0 Å². The summed E-state index contributed by atoms with van der Waals surface area (Å²) in [4.78, 5) is 0. The van der Waals surface area contributed by atoms with Crippen LogP contribution < -0.4 is 5.32 Å². The first-order valence-corrected chi connectivity index (χ1v) is 6.47. The van der Waals surface area contributed by atoms with Crippen molar-refractivity contribution in [1.82, 2.24) is 5.32 Å². The van der Waals surface area contributed by atoms with Crippen molar-refractivity contribution < 1.29 is 4.74 Å². The van der Waals surface area contributed by atoms with Crippen LogP contribution >= 0.6 is 0 Å². The molecule has 1 aliphatic rings. The van der Waals surface area contributed by atoms with Crippen molar-refractivity contribution in [3.8, 4) is 11.8 Å². The van der Waals surface area contributed by atoms with E-state index in [-0.39, 0.29) is 5.60 Å². The molecule has 0 radical (unpaired) electrons. The zero-order valence-corrected chi connectivity index (χ0v) is 10.9. The van der Waals surface area contributed by atoms with Gasteiger partial charge in [0.25, 0.3) is 0 Å². The summed E-state index contributed by atoms with van der Waals surface area (Å²) in [6, 6.07) is 0.384. The highest BCUT2D eigenvalue weighted by Gasteiger charge is 2.39. The second-order valence-electron chi connectivity index (χ2n) is 4.57. The van der Waals surface area contributed by atoms with Gasteiger partial charge in [-0.25, -0.2) is 0 Å². The molecule has 0 spiro atoms. The second-order valence-corrected chi connectivity index (χ2v) is 4.57. The van der Waals surface area contributed by atoms with Gasteiger partial charge in [0.2, 0.25) is 0 Å². The van der Waals surface area contributed by atoms with Gasteiger partial charge >= 0.3 is 0 Å². The fourth-order valence-corrected chi connectivity index (χ4v) is 2.74. The van der Waals surface area contributed by atoms with E-state index < -0.39 is 0 Å². The van der Waals surface area contributed by atoms with Gasteiger partial charge in [-0.1, -0.05) is 26.2 Å². The highest BCUT2D eigenvalue weighted by atomic mass is 16.5. The Bertz CT molecular complexity index is 245. The number of rotatable bonds is 5. The largest absolute Gasteiger partial charge is 0.377 e. The third kappa shape index (κ3) is 3.23.